The molecule has 0 aliphatic heterocycles. The van der Waals surface area contributed by atoms with Gasteiger partial charge >= 0.3 is 12.1 Å². The first-order valence-corrected chi connectivity index (χ1v) is 6.19. The monoisotopic (exact) mass is 314 g/mol. The third kappa shape index (κ3) is 2.63. The molecule has 0 radical (unpaired) electrons. The van der Waals surface area contributed by atoms with Crippen molar-refractivity contribution in [3.8, 4) is 17.0 Å². The lowest BCUT2D eigenvalue weighted by molar-refractivity contribution is -0.138. The van der Waals surface area contributed by atoms with Crippen LogP contribution >= 0.6 is 0 Å². The summed E-state index contributed by atoms with van der Waals surface area (Å²) < 4.78 is 45.2. The number of alkyl halides is 3. The van der Waals surface area contributed by atoms with Crippen LogP contribution in [0.25, 0.3) is 11.3 Å². The molecule has 0 unspecified atom stereocenters. The number of ether oxygens (including phenoxy) is 1. The number of aromatic nitrogens is 2. The van der Waals surface area contributed by atoms with Gasteiger partial charge in [0.25, 0.3) is 0 Å². The zero-order valence-electron chi connectivity index (χ0n) is 12.0. The van der Waals surface area contributed by atoms with Crippen molar-refractivity contribution in [1.29, 1.82) is 0 Å². The van der Waals surface area contributed by atoms with E-state index in [0.29, 0.717) is 11.3 Å². The minimum Gasteiger partial charge on any atom is -0.496 e. The number of carboxylic acid groups (broad SMARTS) is 1. The first-order valence-electron chi connectivity index (χ1n) is 6.19. The second-order valence-electron chi connectivity index (χ2n) is 4.66. The Morgan fingerprint density at radius 1 is 1.36 bits per heavy atom. The Kier molecular flexibility index (Phi) is 3.87. The van der Waals surface area contributed by atoms with Crippen molar-refractivity contribution in [2.24, 2.45) is 7.05 Å². The Bertz CT molecular complexity index is 736. The van der Waals surface area contributed by atoms with Gasteiger partial charge in [-0.2, -0.15) is 18.3 Å². The highest BCUT2D eigenvalue weighted by atomic mass is 19.4. The van der Waals surface area contributed by atoms with E-state index in [4.69, 9.17) is 9.84 Å². The van der Waals surface area contributed by atoms with Crippen LogP contribution in [0, 0.1) is 6.92 Å². The number of halogens is 3. The molecule has 5 nitrogen and oxygen atoms in total. The fraction of sp³-hybridized carbons (Fsp3) is 0.286. The van der Waals surface area contributed by atoms with E-state index in [0.717, 1.165) is 13.2 Å². The van der Waals surface area contributed by atoms with Crippen LogP contribution in [0.5, 0.6) is 5.75 Å². The number of carbonyl (C=O) groups is 1. The van der Waals surface area contributed by atoms with Crippen LogP contribution in [0.3, 0.4) is 0 Å². The van der Waals surface area contributed by atoms with Crippen LogP contribution in [-0.2, 0) is 13.2 Å². The molecule has 1 aromatic carbocycles. The summed E-state index contributed by atoms with van der Waals surface area (Å²) in [5, 5.41) is 12.9. The van der Waals surface area contributed by atoms with Gasteiger partial charge < -0.3 is 9.84 Å². The minimum atomic E-state index is -4.58. The van der Waals surface area contributed by atoms with Gasteiger partial charge in [-0.15, -0.1) is 0 Å². The zero-order valence-corrected chi connectivity index (χ0v) is 12.0. The van der Waals surface area contributed by atoms with Crippen molar-refractivity contribution in [2.75, 3.05) is 7.11 Å². The predicted molar refractivity (Wildman–Crippen MR) is 71.9 cm³/mol. The summed E-state index contributed by atoms with van der Waals surface area (Å²) >= 11 is 0. The van der Waals surface area contributed by atoms with E-state index in [2.05, 4.69) is 5.10 Å². The normalized spacial score (nSPS) is 11.5. The van der Waals surface area contributed by atoms with Crippen molar-refractivity contribution < 1.29 is 27.8 Å². The Morgan fingerprint density at radius 2 is 2.00 bits per heavy atom. The van der Waals surface area contributed by atoms with Gasteiger partial charge in [0.05, 0.1) is 18.4 Å². The van der Waals surface area contributed by atoms with E-state index in [1.807, 2.05) is 0 Å². The number of aryl methyl sites for hydroxylation is 1. The Balaban J connectivity index is 2.67. The van der Waals surface area contributed by atoms with Crippen molar-refractivity contribution in [3.05, 3.63) is 35.0 Å². The van der Waals surface area contributed by atoms with E-state index in [9.17, 15) is 18.0 Å². The molecule has 118 valence electrons. The largest absolute Gasteiger partial charge is 0.496 e. The average molecular weight is 314 g/mol. The number of nitrogens with zero attached hydrogens (tertiary/aromatic N) is 2. The van der Waals surface area contributed by atoms with Gasteiger partial charge in [0, 0.05) is 18.2 Å². The van der Waals surface area contributed by atoms with E-state index < -0.39 is 17.7 Å². The molecule has 0 aliphatic carbocycles. The van der Waals surface area contributed by atoms with Crippen molar-refractivity contribution in [2.45, 2.75) is 13.1 Å². The van der Waals surface area contributed by atoms with Crippen LogP contribution in [0.4, 0.5) is 13.2 Å². The molecule has 1 heterocycles. The van der Waals surface area contributed by atoms with Crippen molar-refractivity contribution >= 4 is 5.97 Å². The van der Waals surface area contributed by atoms with E-state index in [-0.39, 0.29) is 17.0 Å². The maximum atomic E-state index is 13.1. The Labute approximate surface area is 123 Å². The summed E-state index contributed by atoms with van der Waals surface area (Å²) in [5.41, 5.74) is -0.293. The molecule has 0 bridgehead atoms. The molecule has 1 aromatic heterocycles. The lowest BCUT2D eigenvalue weighted by Gasteiger charge is -2.14. The molecule has 0 amide bonds. The number of hydrogen-bond acceptors (Lipinski definition) is 3. The highest BCUT2D eigenvalue weighted by Gasteiger charge is 2.35. The van der Waals surface area contributed by atoms with Crippen LogP contribution in [-0.4, -0.2) is 28.0 Å². The lowest BCUT2D eigenvalue weighted by Crippen LogP contribution is -2.08. The van der Waals surface area contributed by atoms with Gasteiger partial charge in [0.15, 0.2) is 5.69 Å². The first-order chi connectivity index (χ1) is 10.2. The fourth-order valence-corrected chi connectivity index (χ4v) is 2.31. The Morgan fingerprint density at radius 3 is 2.45 bits per heavy atom. The van der Waals surface area contributed by atoms with Gasteiger partial charge in [0.1, 0.15) is 5.75 Å². The topological polar surface area (TPSA) is 64.3 Å². The van der Waals surface area contributed by atoms with E-state index in [1.165, 1.54) is 30.8 Å². The quantitative estimate of drug-likeness (QED) is 0.945. The highest BCUT2D eigenvalue weighted by Crippen LogP contribution is 2.39. The number of rotatable bonds is 3. The molecular formula is C14H13F3N2O3. The van der Waals surface area contributed by atoms with E-state index in [1.54, 1.807) is 0 Å². The molecular weight excluding hydrogens is 301 g/mol. The van der Waals surface area contributed by atoms with Crippen LogP contribution in [0.15, 0.2) is 18.2 Å². The minimum absolute atomic E-state index is 0.193. The van der Waals surface area contributed by atoms with Gasteiger partial charge in [-0.05, 0) is 25.1 Å². The second kappa shape index (κ2) is 5.36. The maximum absolute atomic E-state index is 13.1. The summed E-state index contributed by atoms with van der Waals surface area (Å²) in [6.45, 7) is 1.50. The summed E-state index contributed by atoms with van der Waals surface area (Å²) in [5.74, 6) is -1.53. The highest BCUT2D eigenvalue weighted by molar-refractivity contribution is 5.89. The van der Waals surface area contributed by atoms with E-state index >= 15 is 0 Å². The van der Waals surface area contributed by atoms with Crippen LogP contribution in [0.2, 0.25) is 0 Å². The molecule has 0 aliphatic rings. The first kappa shape index (κ1) is 15.9. The molecule has 2 aromatic rings. The zero-order chi connectivity index (χ0) is 16.7. The third-order valence-corrected chi connectivity index (χ3v) is 3.26. The van der Waals surface area contributed by atoms with Gasteiger partial charge in [-0.3, -0.25) is 4.68 Å². The molecule has 0 fully saturated rings. The number of methoxy groups -OCH3 is 1. The SMILES string of the molecule is COc1ccc(-c2c(C)c(C(=O)O)nn2C)cc1C(F)(F)F. The summed E-state index contributed by atoms with van der Waals surface area (Å²) in [7, 11) is 2.63. The summed E-state index contributed by atoms with van der Waals surface area (Å²) in [6.07, 6.45) is -4.58. The smallest absolute Gasteiger partial charge is 0.419 e. The molecule has 0 spiro atoms. The number of aromatic carboxylic acids is 1. The number of benzene rings is 1. The molecule has 8 heteroatoms. The second-order valence-corrected chi connectivity index (χ2v) is 4.66. The van der Waals surface area contributed by atoms with Gasteiger partial charge in [0.2, 0.25) is 0 Å². The summed E-state index contributed by atoms with van der Waals surface area (Å²) in [4.78, 5) is 11.1. The van der Waals surface area contributed by atoms with Crippen molar-refractivity contribution in [3.63, 3.8) is 0 Å². The van der Waals surface area contributed by atoms with Gasteiger partial charge in [-0.1, -0.05) is 0 Å². The third-order valence-electron chi connectivity index (χ3n) is 3.26. The molecule has 0 saturated carbocycles. The average Bonchev–Trinajstić information content (AvgIpc) is 2.72. The van der Waals surface area contributed by atoms with Crippen molar-refractivity contribution in [1.82, 2.24) is 9.78 Å². The predicted octanol–water partition coefficient (Wildman–Crippen LogP) is 3.12. The molecule has 2 rings (SSSR count). The van der Waals surface area contributed by atoms with Gasteiger partial charge in [-0.25, -0.2) is 4.79 Å². The van der Waals surface area contributed by atoms with Crippen LogP contribution in [0.1, 0.15) is 21.6 Å². The maximum Gasteiger partial charge on any atom is 0.419 e. The summed E-state index contributed by atoms with van der Waals surface area (Å²) in [6, 6.07) is 3.56. The fourth-order valence-electron chi connectivity index (χ4n) is 2.31. The van der Waals surface area contributed by atoms with Crippen LogP contribution < -0.4 is 4.74 Å². The number of carboxylic acids is 1. The molecule has 0 saturated heterocycles. The number of hydrogen-bond donors (Lipinski definition) is 1. The molecule has 22 heavy (non-hydrogen) atoms. The molecule has 0 atom stereocenters. The molecule has 1 N–H and O–H groups in total. The Hall–Kier alpha value is -2.51. The standard InChI is InChI=1S/C14H13F3N2O3/c1-7-11(13(20)21)18-19(2)12(7)8-4-5-10(22-3)9(6-8)14(15,16)17/h4-6H,1-3H3,(H,20,21). The lowest BCUT2D eigenvalue weighted by atomic mass is 10.0.